The van der Waals surface area contributed by atoms with Gasteiger partial charge in [0.1, 0.15) is 0 Å². The highest BCUT2D eigenvalue weighted by molar-refractivity contribution is 9.10. The topological polar surface area (TPSA) is 3.24 Å². The minimum atomic E-state index is 1.14. The quantitative estimate of drug-likeness (QED) is 0.245. The standard InChI is InChI=1S/C28H18BrN/c29-25-17-13-19-12-16-24-26(18-14-20-11-15-23(25)27(19)28(20)24)30(21-7-3-1-4-8-21)22-9-5-2-6-10-22/h1-18H. The predicted molar refractivity (Wildman–Crippen MR) is 133 cm³/mol. The van der Waals surface area contributed by atoms with Gasteiger partial charge in [0.2, 0.25) is 0 Å². The van der Waals surface area contributed by atoms with E-state index >= 15 is 0 Å². The molecule has 0 spiro atoms. The molecule has 0 N–H and O–H groups in total. The van der Waals surface area contributed by atoms with Crippen molar-refractivity contribution in [3.05, 3.63) is 114 Å². The van der Waals surface area contributed by atoms with Gasteiger partial charge in [-0.15, -0.1) is 0 Å². The summed E-state index contributed by atoms with van der Waals surface area (Å²) in [6, 6.07) is 39.0. The third kappa shape index (κ3) is 2.61. The molecule has 142 valence electrons. The summed E-state index contributed by atoms with van der Waals surface area (Å²) in [5.74, 6) is 0. The Morgan fingerprint density at radius 3 is 1.60 bits per heavy atom. The molecule has 2 heteroatoms. The molecule has 30 heavy (non-hydrogen) atoms. The Hall–Kier alpha value is -3.36. The smallest absolute Gasteiger partial charge is 0.0540 e. The second kappa shape index (κ2) is 6.86. The van der Waals surface area contributed by atoms with Crippen LogP contribution in [0.5, 0.6) is 0 Å². The SMILES string of the molecule is Brc1ccc2ccc3c(N(c4ccccc4)c4ccccc4)ccc4ccc1c2c43. The Labute approximate surface area is 183 Å². The van der Waals surface area contributed by atoms with Crippen LogP contribution in [0.15, 0.2) is 114 Å². The van der Waals surface area contributed by atoms with Gasteiger partial charge in [0.25, 0.3) is 0 Å². The molecule has 6 aromatic carbocycles. The van der Waals surface area contributed by atoms with Crippen molar-refractivity contribution in [1.29, 1.82) is 0 Å². The molecule has 1 nitrogen and oxygen atoms in total. The van der Waals surface area contributed by atoms with Gasteiger partial charge in [0.05, 0.1) is 5.69 Å². The molecule has 0 amide bonds. The normalized spacial score (nSPS) is 11.5. The molecule has 0 aliphatic heterocycles. The van der Waals surface area contributed by atoms with Crippen LogP contribution in [0.1, 0.15) is 0 Å². The van der Waals surface area contributed by atoms with Gasteiger partial charge in [-0.1, -0.05) is 88.7 Å². The first kappa shape index (κ1) is 17.5. The first-order valence-electron chi connectivity index (χ1n) is 10.1. The van der Waals surface area contributed by atoms with Crippen LogP contribution < -0.4 is 4.90 Å². The number of anilines is 3. The summed E-state index contributed by atoms with van der Waals surface area (Å²) in [5.41, 5.74) is 3.49. The number of rotatable bonds is 3. The Bertz CT molecular complexity index is 1450. The summed E-state index contributed by atoms with van der Waals surface area (Å²) in [4.78, 5) is 2.35. The van der Waals surface area contributed by atoms with Crippen molar-refractivity contribution in [1.82, 2.24) is 0 Å². The molecule has 0 unspecified atom stereocenters. The number of nitrogens with zero attached hydrogens (tertiary/aromatic N) is 1. The van der Waals surface area contributed by atoms with Crippen LogP contribution in [0.2, 0.25) is 0 Å². The molecule has 0 fully saturated rings. The lowest BCUT2D eigenvalue weighted by Crippen LogP contribution is -2.10. The molecule has 0 saturated carbocycles. The van der Waals surface area contributed by atoms with Crippen molar-refractivity contribution in [2.24, 2.45) is 0 Å². The fraction of sp³-hybridized carbons (Fsp3) is 0. The second-order valence-corrected chi connectivity index (χ2v) is 8.42. The van der Waals surface area contributed by atoms with Gasteiger partial charge in [-0.2, -0.15) is 0 Å². The minimum Gasteiger partial charge on any atom is -0.310 e. The molecule has 6 rings (SSSR count). The van der Waals surface area contributed by atoms with Gasteiger partial charge in [0, 0.05) is 21.2 Å². The van der Waals surface area contributed by atoms with Gasteiger partial charge in [-0.3, -0.25) is 0 Å². The molecule has 0 saturated heterocycles. The van der Waals surface area contributed by atoms with Crippen LogP contribution in [-0.2, 0) is 0 Å². The van der Waals surface area contributed by atoms with Gasteiger partial charge in [-0.25, -0.2) is 0 Å². The highest BCUT2D eigenvalue weighted by Crippen LogP contribution is 2.44. The highest BCUT2D eigenvalue weighted by atomic mass is 79.9. The van der Waals surface area contributed by atoms with Crippen LogP contribution in [0, 0.1) is 0 Å². The number of hydrogen-bond donors (Lipinski definition) is 0. The molecule has 0 atom stereocenters. The number of halogens is 1. The van der Waals surface area contributed by atoms with Crippen molar-refractivity contribution in [3.63, 3.8) is 0 Å². The van der Waals surface area contributed by atoms with Crippen molar-refractivity contribution in [3.8, 4) is 0 Å². The maximum atomic E-state index is 3.75. The summed E-state index contributed by atoms with van der Waals surface area (Å²) in [7, 11) is 0. The Balaban J connectivity index is 1.73. The van der Waals surface area contributed by atoms with E-state index in [0.29, 0.717) is 0 Å². The molecular formula is C28H18BrN. The number of benzene rings is 6. The summed E-state index contributed by atoms with van der Waals surface area (Å²) in [6.07, 6.45) is 0. The van der Waals surface area contributed by atoms with Crippen LogP contribution >= 0.6 is 15.9 Å². The molecule has 6 aromatic rings. The van der Waals surface area contributed by atoms with E-state index in [0.717, 1.165) is 15.8 Å². The van der Waals surface area contributed by atoms with Gasteiger partial charge < -0.3 is 4.90 Å². The van der Waals surface area contributed by atoms with Crippen molar-refractivity contribution in [2.45, 2.75) is 0 Å². The van der Waals surface area contributed by atoms with E-state index < -0.39 is 0 Å². The maximum Gasteiger partial charge on any atom is 0.0540 e. The zero-order chi connectivity index (χ0) is 20.1. The lowest BCUT2D eigenvalue weighted by atomic mass is 9.93. The first-order valence-corrected chi connectivity index (χ1v) is 10.9. The van der Waals surface area contributed by atoms with Crippen LogP contribution in [-0.4, -0.2) is 0 Å². The van der Waals surface area contributed by atoms with Gasteiger partial charge >= 0.3 is 0 Å². The highest BCUT2D eigenvalue weighted by Gasteiger charge is 2.18. The van der Waals surface area contributed by atoms with Crippen LogP contribution in [0.4, 0.5) is 17.1 Å². The minimum absolute atomic E-state index is 1.14. The molecule has 0 heterocycles. The van der Waals surface area contributed by atoms with Crippen molar-refractivity contribution < 1.29 is 0 Å². The van der Waals surface area contributed by atoms with E-state index in [-0.39, 0.29) is 0 Å². The van der Waals surface area contributed by atoms with Crippen LogP contribution in [0.3, 0.4) is 0 Å². The summed E-state index contributed by atoms with van der Waals surface area (Å²) < 4.78 is 1.14. The van der Waals surface area contributed by atoms with E-state index in [1.54, 1.807) is 0 Å². The third-order valence-corrected chi connectivity index (χ3v) is 6.55. The Morgan fingerprint density at radius 2 is 0.967 bits per heavy atom. The van der Waals surface area contributed by atoms with E-state index in [1.807, 2.05) is 0 Å². The number of hydrogen-bond acceptors (Lipinski definition) is 1. The molecule has 0 aromatic heterocycles. The zero-order valence-corrected chi connectivity index (χ0v) is 17.8. The monoisotopic (exact) mass is 447 g/mol. The van der Waals surface area contributed by atoms with E-state index in [2.05, 4.69) is 130 Å². The molecule has 0 aliphatic carbocycles. The van der Waals surface area contributed by atoms with Crippen molar-refractivity contribution in [2.75, 3.05) is 4.90 Å². The maximum absolute atomic E-state index is 3.75. The molecule has 0 aliphatic rings. The number of para-hydroxylation sites is 2. The molecular weight excluding hydrogens is 430 g/mol. The third-order valence-electron chi connectivity index (χ3n) is 5.86. The summed E-state index contributed by atoms with van der Waals surface area (Å²) >= 11 is 3.75. The Kier molecular flexibility index (Phi) is 4.00. The summed E-state index contributed by atoms with van der Waals surface area (Å²) in [5, 5.41) is 7.70. The lowest BCUT2D eigenvalue weighted by Gasteiger charge is -2.27. The first-order chi connectivity index (χ1) is 14.8. The zero-order valence-electron chi connectivity index (χ0n) is 16.2. The van der Waals surface area contributed by atoms with E-state index in [9.17, 15) is 0 Å². The van der Waals surface area contributed by atoms with Crippen molar-refractivity contribution >= 4 is 65.3 Å². The fourth-order valence-corrected chi connectivity index (χ4v) is 4.99. The van der Waals surface area contributed by atoms with E-state index in [4.69, 9.17) is 0 Å². The lowest BCUT2D eigenvalue weighted by molar-refractivity contribution is 1.30. The van der Waals surface area contributed by atoms with E-state index in [1.165, 1.54) is 38.0 Å². The molecule has 0 bridgehead atoms. The van der Waals surface area contributed by atoms with Gasteiger partial charge in [0.15, 0.2) is 0 Å². The molecule has 0 radical (unpaired) electrons. The van der Waals surface area contributed by atoms with Crippen LogP contribution in [0.25, 0.3) is 32.3 Å². The fourth-order valence-electron chi connectivity index (χ4n) is 4.53. The van der Waals surface area contributed by atoms with Gasteiger partial charge in [-0.05, 0) is 63.3 Å². The second-order valence-electron chi connectivity index (χ2n) is 7.56. The average molecular weight is 448 g/mol. The predicted octanol–water partition coefficient (Wildman–Crippen LogP) is 8.82. The summed E-state index contributed by atoms with van der Waals surface area (Å²) in [6.45, 7) is 0. The largest absolute Gasteiger partial charge is 0.310 e. The Morgan fingerprint density at radius 1 is 0.467 bits per heavy atom. The average Bonchev–Trinajstić information content (AvgIpc) is 2.81.